The Hall–Kier alpha value is -0.830. The Labute approximate surface area is 132 Å². The minimum absolute atomic E-state index is 0.0742. The van der Waals surface area contributed by atoms with Gasteiger partial charge < -0.3 is 0 Å². The summed E-state index contributed by atoms with van der Waals surface area (Å²) >= 11 is 7.45. The molecular formula is C12H15ClN2O4S2. The summed E-state index contributed by atoms with van der Waals surface area (Å²) in [4.78, 5) is 10.1. The normalized spacial score (nSPS) is 24.0. The molecule has 6 nitrogen and oxygen atoms in total. The van der Waals surface area contributed by atoms with Crippen molar-refractivity contribution in [1.82, 2.24) is 4.31 Å². The summed E-state index contributed by atoms with van der Waals surface area (Å²) in [6, 6.07) is 3.58. The van der Waals surface area contributed by atoms with Gasteiger partial charge in [0.1, 0.15) is 5.02 Å². The first-order valence-corrected chi connectivity index (χ1v) is 9.07. The molecule has 0 amide bonds. The summed E-state index contributed by atoms with van der Waals surface area (Å²) in [5.74, 6) is 0. The predicted octanol–water partition coefficient (Wildman–Crippen LogP) is 2.76. The number of nitro benzene ring substituents is 1. The van der Waals surface area contributed by atoms with Crippen LogP contribution in [0.5, 0.6) is 0 Å². The van der Waals surface area contributed by atoms with E-state index in [4.69, 9.17) is 11.6 Å². The molecule has 2 atom stereocenters. The van der Waals surface area contributed by atoms with E-state index in [9.17, 15) is 18.5 Å². The maximum Gasteiger partial charge on any atom is 0.289 e. The van der Waals surface area contributed by atoms with Gasteiger partial charge in [-0.2, -0.15) is 16.1 Å². The SMILES string of the molecule is CC1CN(S(=O)(=O)c2ccc(Cl)c([N+](=O)[O-])c2)CC(C)S1. The number of rotatable bonds is 3. The second-order valence-electron chi connectivity index (χ2n) is 4.95. The maximum absolute atomic E-state index is 12.6. The Morgan fingerprint density at radius 2 is 1.90 bits per heavy atom. The largest absolute Gasteiger partial charge is 0.289 e. The first kappa shape index (κ1) is 16.5. The predicted molar refractivity (Wildman–Crippen MR) is 83.4 cm³/mol. The van der Waals surface area contributed by atoms with Crippen molar-refractivity contribution in [1.29, 1.82) is 0 Å². The Bertz CT molecular complexity index is 655. The fraction of sp³-hybridized carbons (Fsp3) is 0.500. The molecule has 0 spiro atoms. The van der Waals surface area contributed by atoms with Crippen molar-refractivity contribution < 1.29 is 13.3 Å². The number of hydrogen-bond acceptors (Lipinski definition) is 5. The Morgan fingerprint density at radius 3 is 2.43 bits per heavy atom. The van der Waals surface area contributed by atoms with Crippen LogP contribution in [0.1, 0.15) is 13.8 Å². The number of halogens is 1. The van der Waals surface area contributed by atoms with Crippen LogP contribution in [-0.4, -0.2) is 41.2 Å². The molecular weight excluding hydrogens is 336 g/mol. The maximum atomic E-state index is 12.6. The van der Waals surface area contributed by atoms with Gasteiger partial charge in [0, 0.05) is 29.7 Å². The zero-order valence-corrected chi connectivity index (χ0v) is 13.9. The molecule has 0 N–H and O–H groups in total. The van der Waals surface area contributed by atoms with E-state index in [1.807, 2.05) is 13.8 Å². The minimum Gasteiger partial charge on any atom is -0.258 e. The van der Waals surface area contributed by atoms with Crippen LogP contribution in [0.2, 0.25) is 5.02 Å². The summed E-state index contributed by atoms with van der Waals surface area (Å²) in [5.41, 5.74) is -0.398. The molecule has 21 heavy (non-hydrogen) atoms. The summed E-state index contributed by atoms with van der Waals surface area (Å²) < 4.78 is 26.6. The van der Waals surface area contributed by atoms with Gasteiger partial charge in [-0.1, -0.05) is 25.4 Å². The first-order chi connectivity index (χ1) is 9.71. The monoisotopic (exact) mass is 350 g/mol. The lowest BCUT2D eigenvalue weighted by Gasteiger charge is -2.33. The molecule has 9 heteroatoms. The lowest BCUT2D eigenvalue weighted by atomic mass is 10.3. The van der Waals surface area contributed by atoms with E-state index in [0.717, 1.165) is 6.07 Å². The highest BCUT2D eigenvalue weighted by Crippen LogP contribution is 2.32. The molecule has 0 saturated carbocycles. The second-order valence-corrected chi connectivity index (χ2v) is 9.18. The molecule has 2 rings (SSSR count). The average molecular weight is 351 g/mol. The number of sulfonamides is 1. The molecule has 1 heterocycles. The highest BCUT2D eigenvalue weighted by atomic mass is 35.5. The third-order valence-corrected chi connectivity index (χ3v) is 6.51. The molecule has 1 saturated heterocycles. The summed E-state index contributed by atoms with van der Waals surface area (Å²) in [5, 5.41) is 11.2. The summed E-state index contributed by atoms with van der Waals surface area (Å²) in [7, 11) is -3.74. The van der Waals surface area contributed by atoms with E-state index in [1.54, 1.807) is 11.8 Å². The van der Waals surface area contributed by atoms with Crippen LogP contribution in [0.4, 0.5) is 5.69 Å². The zero-order valence-electron chi connectivity index (χ0n) is 11.5. The van der Waals surface area contributed by atoms with Gasteiger partial charge in [-0.15, -0.1) is 0 Å². The lowest BCUT2D eigenvalue weighted by molar-refractivity contribution is -0.384. The zero-order chi connectivity index (χ0) is 15.8. The van der Waals surface area contributed by atoms with Crippen molar-refractivity contribution in [2.45, 2.75) is 29.2 Å². The highest BCUT2D eigenvalue weighted by molar-refractivity contribution is 8.00. The smallest absolute Gasteiger partial charge is 0.258 e. The number of nitrogens with zero attached hydrogens (tertiary/aromatic N) is 2. The van der Waals surface area contributed by atoms with Gasteiger partial charge in [-0.05, 0) is 12.1 Å². The van der Waals surface area contributed by atoms with E-state index in [2.05, 4.69) is 0 Å². The van der Waals surface area contributed by atoms with Crippen LogP contribution in [0.15, 0.2) is 23.1 Å². The second kappa shape index (κ2) is 6.12. The van der Waals surface area contributed by atoms with Crippen molar-refractivity contribution in [3.63, 3.8) is 0 Å². The van der Waals surface area contributed by atoms with Gasteiger partial charge >= 0.3 is 0 Å². The fourth-order valence-corrected chi connectivity index (χ4v) is 5.61. The lowest BCUT2D eigenvalue weighted by Crippen LogP contribution is -2.43. The van der Waals surface area contributed by atoms with Crippen LogP contribution < -0.4 is 0 Å². The number of benzene rings is 1. The number of nitro groups is 1. The van der Waals surface area contributed by atoms with Gasteiger partial charge in [0.25, 0.3) is 5.69 Å². The molecule has 2 unspecified atom stereocenters. The third kappa shape index (κ3) is 3.50. The standard InChI is InChI=1S/C12H15ClN2O4S2/c1-8-6-14(7-9(2)20-8)21(18,19)10-3-4-11(13)12(5-10)15(16)17/h3-5,8-9H,6-7H2,1-2H3. The average Bonchev–Trinajstić information content (AvgIpc) is 2.37. The molecule has 0 aliphatic carbocycles. The topological polar surface area (TPSA) is 80.5 Å². The molecule has 0 bridgehead atoms. The van der Waals surface area contributed by atoms with Crippen LogP contribution in [0.3, 0.4) is 0 Å². The molecule has 1 fully saturated rings. The van der Waals surface area contributed by atoms with Gasteiger partial charge in [-0.3, -0.25) is 10.1 Å². The summed E-state index contributed by atoms with van der Waals surface area (Å²) in [6.07, 6.45) is 0. The molecule has 1 aliphatic heterocycles. The Morgan fingerprint density at radius 1 is 1.33 bits per heavy atom. The van der Waals surface area contributed by atoms with Gasteiger partial charge in [0.2, 0.25) is 10.0 Å². The van der Waals surface area contributed by atoms with E-state index in [-0.39, 0.29) is 20.4 Å². The van der Waals surface area contributed by atoms with Crippen molar-refractivity contribution in [3.8, 4) is 0 Å². The van der Waals surface area contributed by atoms with Crippen molar-refractivity contribution in [2.75, 3.05) is 13.1 Å². The van der Waals surface area contributed by atoms with E-state index >= 15 is 0 Å². The first-order valence-electron chi connectivity index (χ1n) is 6.31. The minimum atomic E-state index is -3.74. The Kier molecular flexibility index (Phi) is 4.82. The van der Waals surface area contributed by atoms with Crippen molar-refractivity contribution in [2.24, 2.45) is 0 Å². The van der Waals surface area contributed by atoms with Gasteiger partial charge in [0.15, 0.2) is 0 Å². The van der Waals surface area contributed by atoms with Crippen LogP contribution in [0, 0.1) is 10.1 Å². The highest BCUT2D eigenvalue weighted by Gasteiger charge is 2.33. The van der Waals surface area contributed by atoms with E-state index in [0.29, 0.717) is 13.1 Å². The van der Waals surface area contributed by atoms with Crippen LogP contribution in [-0.2, 0) is 10.0 Å². The van der Waals surface area contributed by atoms with Gasteiger partial charge in [-0.25, -0.2) is 8.42 Å². The molecule has 116 valence electrons. The van der Waals surface area contributed by atoms with Crippen LogP contribution in [0.25, 0.3) is 0 Å². The van der Waals surface area contributed by atoms with E-state index < -0.39 is 20.6 Å². The van der Waals surface area contributed by atoms with Crippen LogP contribution >= 0.6 is 23.4 Å². The molecule has 1 aromatic carbocycles. The van der Waals surface area contributed by atoms with Gasteiger partial charge in [0.05, 0.1) is 9.82 Å². The fourth-order valence-electron chi connectivity index (χ4n) is 2.27. The molecule has 1 aromatic rings. The van der Waals surface area contributed by atoms with Crippen molar-refractivity contribution >= 4 is 39.1 Å². The molecule has 0 radical (unpaired) electrons. The van der Waals surface area contributed by atoms with E-state index in [1.165, 1.54) is 16.4 Å². The Balaban J connectivity index is 2.40. The summed E-state index contributed by atoms with van der Waals surface area (Å²) in [6.45, 7) is 4.72. The number of thioether (sulfide) groups is 1. The molecule has 1 aliphatic rings. The molecule has 0 aromatic heterocycles. The third-order valence-electron chi connectivity index (χ3n) is 3.14. The van der Waals surface area contributed by atoms with Crippen molar-refractivity contribution in [3.05, 3.63) is 33.3 Å². The quantitative estimate of drug-likeness (QED) is 0.618. The number of hydrogen-bond donors (Lipinski definition) is 0.